The Morgan fingerprint density at radius 3 is 1.04 bits per heavy atom. The van der Waals surface area contributed by atoms with E-state index in [1.54, 1.807) is 0 Å². The first-order valence-corrected chi connectivity index (χ1v) is 26.8. The van der Waals surface area contributed by atoms with Crippen molar-refractivity contribution in [2.75, 3.05) is 9.80 Å². The van der Waals surface area contributed by atoms with Gasteiger partial charge in [-0.2, -0.15) is 0 Å². The fraction of sp³-hybridized carbons (Fsp3) is 0.0857. The molecule has 0 bridgehead atoms. The molecule has 6 heteroatoms. The molecule has 0 radical (unpaired) electrons. The number of furan rings is 2. The van der Waals surface area contributed by atoms with Gasteiger partial charge < -0.3 is 18.6 Å². The second-order valence-electron chi connectivity index (χ2n) is 22.3. The van der Waals surface area contributed by atoms with E-state index in [-0.39, 0.29) is 13.4 Å². The molecule has 0 spiro atoms. The summed E-state index contributed by atoms with van der Waals surface area (Å²) in [7, 11) is 0. The van der Waals surface area contributed by atoms with Crippen LogP contribution in [0.2, 0.25) is 0 Å². The van der Waals surface area contributed by atoms with Gasteiger partial charge in [-0.25, -0.2) is 0 Å². The fourth-order valence-corrected chi connectivity index (χ4v) is 15.0. The molecule has 0 amide bonds. The van der Waals surface area contributed by atoms with Gasteiger partial charge in [0.2, 0.25) is 0 Å². The summed E-state index contributed by atoms with van der Waals surface area (Å²) in [6.07, 6.45) is 0. The average molecular weight is 971 g/mol. The molecule has 0 saturated carbocycles. The average Bonchev–Trinajstić information content (AvgIpc) is 4.08. The molecule has 3 aliphatic heterocycles. The molecule has 0 fully saturated rings. The lowest BCUT2D eigenvalue weighted by Gasteiger charge is -2.49. The summed E-state index contributed by atoms with van der Waals surface area (Å²) in [5, 5.41) is 14.2. The summed E-state index contributed by atoms with van der Waals surface area (Å²) in [6.45, 7) is 13.4. The Hall–Kier alpha value is -8.99. The highest BCUT2D eigenvalue weighted by molar-refractivity contribution is 7.02. The normalized spacial score (nSPS) is 13.6. The molecule has 0 saturated heterocycles. The monoisotopic (exact) mass is 970 g/mol. The van der Waals surface area contributed by atoms with Crippen molar-refractivity contribution in [2.24, 2.45) is 0 Å². The number of anilines is 6. The number of hydrogen-bond acceptors (Lipinski definition) is 4. The third-order valence-corrected chi connectivity index (χ3v) is 17.7. The quantitative estimate of drug-likeness (QED) is 0.162. The van der Waals surface area contributed by atoms with Crippen LogP contribution in [-0.2, 0) is 0 Å². The predicted molar refractivity (Wildman–Crippen MR) is 325 cm³/mol. The van der Waals surface area contributed by atoms with E-state index < -0.39 is 0 Å². The first-order chi connectivity index (χ1) is 37.2. The molecular weight excluding hydrogens is 922 g/mol. The van der Waals surface area contributed by atoms with Crippen LogP contribution in [0.3, 0.4) is 0 Å². The van der Waals surface area contributed by atoms with Gasteiger partial charge in [-0.3, -0.25) is 0 Å². The van der Waals surface area contributed by atoms with Gasteiger partial charge in [0.05, 0.1) is 22.7 Å². The van der Waals surface area contributed by atoms with Crippen LogP contribution in [0.4, 0.5) is 34.1 Å². The highest BCUT2D eigenvalue weighted by Gasteiger charge is 2.50. The number of nitrogens with zero attached hydrogens (tertiary/aromatic N) is 2. The molecule has 3 aliphatic rings. The van der Waals surface area contributed by atoms with E-state index in [4.69, 9.17) is 8.83 Å². The van der Waals surface area contributed by atoms with Gasteiger partial charge in [0.15, 0.2) is 0 Å². The van der Waals surface area contributed by atoms with Crippen LogP contribution in [0.15, 0.2) is 191 Å². The van der Waals surface area contributed by atoms with E-state index in [0.717, 1.165) is 66.6 Å². The van der Waals surface area contributed by atoms with E-state index in [0.29, 0.717) is 0 Å². The largest absolute Gasteiger partial charge is 0.456 e. The third-order valence-electron chi connectivity index (χ3n) is 17.7. The van der Waals surface area contributed by atoms with Crippen molar-refractivity contribution in [3.63, 3.8) is 0 Å². The van der Waals surface area contributed by atoms with Crippen LogP contribution in [0.1, 0.15) is 33.4 Å². The summed E-state index contributed by atoms with van der Waals surface area (Å²) in [5.74, 6) is 0. The van der Waals surface area contributed by atoms with Gasteiger partial charge >= 0.3 is 0 Å². The van der Waals surface area contributed by atoms with Crippen molar-refractivity contribution in [3.05, 3.63) is 215 Å². The van der Waals surface area contributed by atoms with Gasteiger partial charge in [0.1, 0.15) is 22.3 Å². The van der Waals surface area contributed by atoms with Gasteiger partial charge in [0.25, 0.3) is 13.4 Å². The van der Waals surface area contributed by atoms with Crippen molar-refractivity contribution in [2.45, 2.75) is 41.5 Å². The van der Waals surface area contributed by atoms with E-state index in [1.807, 2.05) is 0 Å². The summed E-state index contributed by atoms with van der Waals surface area (Å²) < 4.78 is 14.8. The Balaban J connectivity index is 1.08. The smallest absolute Gasteiger partial charge is 0.253 e. The van der Waals surface area contributed by atoms with Crippen LogP contribution in [0.5, 0.6) is 0 Å². The molecule has 17 rings (SSSR count). The Labute approximate surface area is 440 Å². The van der Waals surface area contributed by atoms with E-state index in [1.165, 1.54) is 121 Å². The van der Waals surface area contributed by atoms with Crippen molar-refractivity contribution < 1.29 is 8.83 Å². The van der Waals surface area contributed by atoms with Crippen LogP contribution in [0.25, 0.3) is 87.0 Å². The van der Waals surface area contributed by atoms with E-state index >= 15 is 0 Å². The third kappa shape index (κ3) is 5.45. The maximum absolute atomic E-state index is 7.42. The highest BCUT2D eigenvalue weighted by atomic mass is 16.3. The number of hydrogen-bond donors (Lipinski definition) is 0. The Morgan fingerprint density at radius 2 is 0.645 bits per heavy atom. The molecule has 5 heterocycles. The van der Waals surface area contributed by atoms with E-state index in [2.05, 4.69) is 233 Å². The summed E-state index contributed by atoms with van der Waals surface area (Å²) in [5.41, 5.74) is 26.0. The summed E-state index contributed by atoms with van der Waals surface area (Å²) in [4.78, 5) is 5.30. The SMILES string of the molecule is Cc1cc(C)c(B2c3c4c(cc5ccccc35)N3c5ccc6c(oc7cc8ccccc8cc76)c5B(c5c(C)cc(C)cc5C)c5c3c(cc3ccccc53)N4c3ccc4c(oc5cc6ccccc6cc54)c32)c(C)c1. The topological polar surface area (TPSA) is 32.8 Å². The van der Waals surface area contributed by atoms with Crippen molar-refractivity contribution in [3.8, 4) is 0 Å². The lowest BCUT2D eigenvalue weighted by Crippen LogP contribution is -2.62. The first kappa shape index (κ1) is 42.4. The minimum absolute atomic E-state index is 0.172. The summed E-state index contributed by atoms with van der Waals surface area (Å²) in [6, 6.07) is 68.6. The minimum Gasteiger partial charge on any atom is -0.456 e. The second-order valence-corrected chi connectivity index (χ2v) is 22.3. The summed E-state index contributed by atoms with van der Waals surface area (Å²) >= 11 is 0. The maximum Gasteiger partial charge on any atom is 0.253 e. The zero-order chi connectivity index (χ0) is 50.6. The molecule has 356 valence electrons. The molecular formula is C70H48B2N2O2. The van der Waals surface area contributed by atoms with Gasteiger partial charge in [-0.15, -0.1) is 0 Å². The molecule has 76 heavy (non-hydrogen) atoms. The minimum atomic E-state index is -0.172. The zero-order valence-corrected chi connectivity index (χ0v) is 43.2. The van der Waals surface area contributed by atoms with Crippen LogP contribution in [-0.4, -0.2) is 13.4 Å². The van der Waals surface area contributed by atoms with Crippen LogP contribution < -0.4 is 42.6 Å². The number of aryl methyl sites for hydroxylation is 6. The molecule has 14 aromatic rings. The predicted octanol–water partition coefficient (Wildman–Crippen LogP) is 14.9. The van der Waals surface area contributed by atoms with Gasteiger partial charge in [-0.05, 0) is 167 Å². The molecule has 0 N–H and O–H groups in total. The van der Waals surface area contributed by atoms with Crippen molar-refractivity contribution in [1.29, 1.82) is 0 Å². The second kappa shape index (κ2) is 14.9. The van der Waals surface area contributed by atoms with Crippen LogP contribution in [0, 0.1) is 41.5 Å². The Morgan fingerprint density at radius 1 is 0.289 bits per heavy atom. The zero-order valence-electron chi connectivity index (χ0n) is 43.2. The molecule has 12 aromatic carbocycles. The van der Waals surface area contributed by atoms with Crippen LogP contribution >= 0.6 is 0 Å². The number of rotatable bonds is 2. The Bertz CT molecular complexity index is 4640. The lowest BCUT2D eigenvalue weighted by molar-refractivity contribution is 0.671. The van der Waals surface area contributed by atoms with Gasteiger partial charge in [0, 0.05) is 32.9 Å². The molecule has 0 atom stereocenters. The van der Waals surface area contributed by atoms with Crippen molar-refractivity contribution >= 4 is 167 Å². The van der Waals surface area contributed by atoms with Crippen molar-refractivity contribution in [1.82, 2.24) is 0 Å². The standard InChI is InChI=1S/C70H48B2N2O2/c1-37-27-39(3)61(40(4)28-37)71-63-49-21-13-11-19-47(49)33-57-67(63)73(55-25-23-51-53-31-43-15-7-9-17-45(43)35-59(53)75-69(51)65(55)71)58-34-48-20-12-14-22-50(48)64-68(58)74(57)56-26-24-52-54-32-44-16-8-10-18-46(44)36-60(54)76-70(52)66(56)72(64)62-41(5)29-38(2)30-42(62)6/h7-36H,1-6H3. The molecule has 2 aromatic heterocycles. The number of benzene rings is 12. The highest BCUT2D eigenvalue weighted by Crippen LogP contribution is 2.58. The Kier molecular flexibility index (Phi) is 8.29. The van der Waals surface area contributed by atoms with E-state index in [9.17, 15) is 0 Å². The first-order valence-electron chi connectivity index (χ1n) is 26.8. The maximum atomic E-state index is 7.42. The van der Waals surface area contributed by atoms with Gasteiger partial charge in [-0.1, -0.05) is 166 Å². The molecule has 4 nitrogen and oxygen atoms in total. The number of fused-ring (bicyclic) bond motifs is 20. The molecule has 0 aliphatic carbocycles. The lowest BCUT2D eigenvalue weighted by atomic mass is 9.32. The molecule has 0 unspecified atom stereocenters. The fourth-order valence-electron chi connectivity index (χ4n) is 15.0.